The third kappa shape index (κ3) is 6.07. The summed E-state index contributed by atoms with van der Waals surface area (Å²) < 4.78 is 29.3. The third-order valence-corrected chi connectivity index (χ3v) is 7.75. The van der Waals surface area contributed by atoms with Crippen molar-refractivity contribution in [2.24, 2.45) is 0 Å². The Morgan fingerprint density at radius 3 is 2.46 bits per heavy atom. The number of aromatic nitrogens is 1. The van der Waals surface area contributed by atoms with Crippen molar-refractivity contribution in [3.63, 3.8) is 0 Å². The second-order valence-electron chi connectivity index (χ2n) is 9.55. The molecule has 0 bridgehead atoms. The molecule has 3 N–H and O–H groups in total. The maximum Gasteiger partial charge on any atom is 0.251 e. The van der Waals surface area contributed by atoms with Gasteiger partial charge in [-0.15, -0.1) is 0 Å². The zero-order chi connectivity index (χ0) is 25.1. The first-order valence-electron chi connectivity index (χ1n) is 11.9. The van der Waals surface area contributed by atoms with Crippen LogP contribution in [0.2, 0.25) is 0 Å². The summed E-state index contributed by atoms with van der Waals surface area (Å²) in [6.45, 7) is 6.59. The van der Waals surface area contributed by atoms with E-state index >= 15 is 0 Å². The molecule has 0 fully saturated rings. The first-order valence-corrected chi connectivity index (χ1v) is 13.4. The number of rotatable bonds is 8. The number of carbonyl (C=O) groups excluding carboxylic acids is 1. The number of sulfonamides is 1. The quantitative estimate of drug-likeness (QED) is 0.437. The highest BCUT2D eigenvalue weighted by Gasteiger charge is 2.34. The second kappa shape index (κ2) is 10.2. The minimum Gasteiger partial charge on any atom is -0.380 e. The first-order chi connectivity index (χ1) is 16.7. The number of carbonyl (C=O) groups is 1. The molecule has 1 amide bonds. The Morgan fingerprint density at radius 1 is 1.06 bits per heavy atom. The van der Waals surface area contributed by atoms with Crippen LogP contribution < -0.4 is 15.4 Å². The Balaban J connectivity index is 1.53. The molecule has 2 heterocycles. The molecule has 0 saturated heterocycles. The van der Waals surface area contributed by atoms with Crippen molar-refractivity contribution < 1.29 is 13.2 Å². The number of aryl methyl sites for hydroxylation is 1. The fourth-order valence-corrected chi connectivity index (χ4v) is 5.59. The van der Waals surface area contributed by atoms with Gasteiger partial charge in [0.15, 0.2) is 0 Å². The van der Waals surface area contributed by atoms with Crippen molar-refractivity contribution in [1.29, 1.82) is 0 Å². The average molecular weight is 493 g/mol. The van der Waals surface area contributed by atoms with Crippen LogP contribution in [-0.4, -0.2) is 31.4 Å². The van der Waals surface area contributed by atoms with Crippen molar-refractivity contribution in [2.45, 2.75) is 56.5 Å². The number of nitrogens with zero attached hydrogens (tertiary/aromatic N) is 1. The lowest BCUT2D eigenvalue weighted by Gasteiger charge is -2.39. The van der Waals surface area contributed by atoms with E-state index in [1.807, 2.05) is 51.1 Å². The number of fused-ring (bicyclic) bond motifs is 1. The second-order valence-corrected chi connectivity index (χ2v) is 11.3. The van der Waals surface area contributed by atoms with Gasteiger partial charge in [0.2, 0.25) is 10.0 Å². The molecule has 0 saturated carbocycles. The van der Waals surface area contributed by atoms with Gasteiger partial charge in [0, 0.05) is 35.7 Å². The summed E-state index contributed by atoms with van der Waals surface area (Å²) in [5, 5.41) is 6.42. The Bertz CT molecular complexity index is 1290. The number of anilines is 1. The minimum absolute atomic E-state index is 0.191. The topological polar surface area (TPSA) is 100 Å². The molecule has 3 aromatic rings. The lowest BCUT2D eigenvalue weighted by molar-refractivity contribution is 0.0954. The van der Waals surface area contributed by atoms with Gasteiger partial charge < -0.3 is 10.6 Å². The van der Waals surface area contributed by atoms with Crippen LogP contribution in [0.15, 0.2) is 71.9 Å². The van der Waals surface area contributed by atoms with Crippen LogP contribution in [0, 0.1) is 0 Å². The Hall–Kier alpha value is -3.23. The van der Waals surface area contributed by atoms with E-state index in [1.165, 1.54) is 0 Å². The van der Waals surface area contributed by atoms with Crippen molar-refractivity contribution in [2.75, 3.05) is 11.9 Å². The van der Waals surface area contributed by atoms with Gasteiger partial charge in [-0.05, 0) is 92.3 Å². The van der Waals surface area contributed by atoms with E-state index in [9.17, 15) is 13.2 Å². The summed E-state index contributed by atoms with van der Waals surface area (Å²) in [7, 11) is -3.74. The molecule has 0 radical (unpaired) electrons. The molecule has 1 aliphatic heterocycles. The number of hydrogen-bond donors (Lipinski definition) is 3. The Morgan fingerprint density at radius 2 is 1.77 bits per heavy atom. The van der Waals surface area contributed by atoms with E-state index in [-0.39, 0.29) is 16.3 Å². The van der Waals surface area contributed by atoms with Crippen LogP contribution in [0.1, 0.15) is 60.3 Å². The molecule has 0 aliphatic carbocycles. The number of nitrogens with one attached hydrogen (secondary N) is 3. The van der Waals surface area contributed by atoms with E-state index < -0.39 is 16.1 Å². The molecule has 1 atom stereocenters. The molecule has 4 rings (SSSR count). The van der Waals surface area contributed by atoms with Gasteiger partial charge in [0.05, 0.1) is 10.9 Å². The van der Waals surface area contributed by atoms with Crippen LogP contribution in [-0.2, 0) is 22.9 Å². The highest BCUT2D eigenvalue weighted by atomic mass is 32.2. The van der Waals surface area contributed by atoms with E-state index in [1.54, 1.807) is 36.7 Å². The van der Waals surface area contributed by atoms with Crippen LogP contribution in [0.4, 0.5) is 5.69 Å². The predicted octanol–water partition coefficient (Wildman–Crippen LogP) is 4.23. The third-order valence-electron chi connectivity index (χ3n) is 6.26. The molecular weight excluding hydrogens is 460 g/mol. The highest BCUT2D eigenvalue weighted by molar-refractivity contribution is 7.89. The van der Waals surface area contributed by atoms with Gasteiger partial charge in [0.25, 0.3) is 5.91 Å². The maximum atomic E-state index is 13.2. The summed E-state index contributed by atoms with van der Waals surface area (Å²) in [6.07, 6.45) is 5.55. The van der Waals surface area contributed by atoms with Crippen molar-refractivity contribution in [3.05, 3.63) is 89.2 Å². The molecule has 7 nitrogen and oxygen atoms in total. The van der Waals surface area contributed by atoms with Gasteiger partial charge >= 0.3 is 0 Å². The SMILES string of the molecule is CCc1ccc(S(=O)(=O)N[C@H]2CC(C)(C)Nc3ccc(C(=O)NCCc4ccncc4)cc32)cc1. The van der Waals surface area contributed by atoms with Gasteiger partial charge in [-0.25, -0.2) is 13.1 Å². The number of pyridine rings is 1. The van der Waals surface area contributed by atoms with E-state index in [0.29, 0.717) is 24.9 Å². The summed E-state index contributed by atoms with van der Waals surface area (Å²) in [4.78, 5) is 17.1. The molecule has 0 unspecified atom stereocenters. The lowest BCUT2D eigenvalue weighted by Crippen LogP contribution is -2.43. The normalized spacial score (nSPS) is 16.7. The summed E-state index contributed by atoms with van der Waals surface area (Å²) >= 11 is 0. The number of amides is 1. The van der Waals surface area contributed by atoms with Crippen molar-refractivity contribution in [3.8, 4) is 0 Å². The van der Waals surface area contributed by atoms with Crippen molar-refractivity contribution in [1.82, 2.24) is 15.0 Å². The summed E-state index contributed by atoms with van der Waals surface area (Å²) in [6, 6.07) is 15.7. The fourth-order valence-electron chi connectivity index (χ4n) is 4.38. The zero-order valence-corrected chi connectivity index (χ0v) is 21.2. The molecule has 1 aliphatic rings. The largest absolute Gasteiger partial charge is 0.380 e. The zero-order valence-electron chi connectivity index (χ0n) is 20.3. The smallest absolute Gasteiger partial charge is 0.251 e. The van der Waals surface area contributed by atoms with Crippen LogP contribution in [0.5, 0.6) is 0 Å². The van der Waals surface area contributed by atoms with Gasteiger partial charge in [-0.2, -0.15) is 0 Å². The Kier molecular flexibility index (Phi) is 7.23. The van der Waals surface area contributed by atoms with E-state index in [0.717, 1.165) is 28.8 Å². The predicted molar refractivity (Wildman–Crippen MR) is 138 cm³/mol. The Labute approximate surface area is 207 Å². The van der Waals surface area contributed by atoms with Crippen LogP contribution in [0.25, 0.3) is 0 Å². The molecule has 184 valence electrons. The molecule has 1 aromatic heterocycles. The standard InChI is InChI=1S/C27H32N4O3S/c1-4-19-5-8-22(9-6-19)35(33,34)31-25-18-27(2,3)30-24-10-7-21(17-23(24)25)26(32)29-16-13-20-11-14-28-15-12-20/h5-12,14-15,17,25,30-31H,4,13,16,18H2,1-3H3,(H,29,32)/t25-/m0/s1. The number of hydrogen-bond acceptors (Lipinski definition) is 5. The van der Waals surface area contributed by atoms with E-state index in [4.69, 9.17) is 0 Å². The van der Waals surface area contributed by atoms with Crippen LogP contribution >= 0.6 is 0 Å². The fraction of sp³-hybridized carbons (Fsp3) is 0.333. The monoisotopic (exact) mass is 492 g/mol. The first kappa shape index (κ1) is 24.9. The van der Waals surface area contributed by atoms with Gasteiger partial charge in [-0.1, -0.05) is 19.1 Å². The average Bonchev–Trinajstić information content (AvgIpc) is 2.83. The molecule has 8 heteroatoms. The van der Waals surface area contributed by atoms with E-state index in [2.05, 4.69) is 20.3 Å². The van der Waals surface area contributed by atoms with Gasteiger partial charge in [0.1, 0.15) is 0 Å². The molecule has 2 aromatic carbocycles. The number of benzene rings is 2. The molecular formula is C27H32N4O3S. The highest BCUT2D eigenvalue weighted by Crippen LogP contribution is 2.38. The van der Waals surface area contributed by atoms with Crippen molar-refractivity contribution >= 4 is 21.6 Å². The molecule has 35 heavy (non-hydrogen) atoms. The summed E-state index contributed by atoms with van der Waals surface area (Å²) in [5.74, 6) is -0.191. The lowest BCUT2D eigenvalue weighted by atomic mass is 9.85. The van der Waals surface area contributed by atoms with Crippen LogP contribution in [0.3, 0.4) is 0 Å². The molecule has 0 spiro atoms. The summed E-state index contributed by atoms with van der Waals surface area (Å²) in [5.41, 5.74) is 3.94. The van der Waals surface area contributed by atoms with Gasteiger partial charge in [-0.3, -0.25) is 9.78 Å². The minimum atomic E-state index is -3.74. The maximum absolute atomic E-state index is 13.2.